The number of urea groups is 1. The number of carbonyl (C=O) groups excluding carboxylic acids is 3. The third kappa shape index (κ3) is 4.56. The molecule has 4 amide bonds. The fraction of sp³-hybridized carbons (Fsp3) is 0.261. The highest BCUT2D eigenvalue weighted by molar-refractivity contribution is 6.40. The third-order valence-corrected chi connectivity index (χ3v) is 5.14. The van der Waals surface area contributed by atoms with Crippen molar-refractivity contribution in [1.29, 1.82) is 0 Å². The molecule has 0 radical (unpaired) electrons. The summed E-state index contributed by atoms with van der Waals surface area (Å²) in [4.78, 5) is 38.9. The molecule has 2 aromatic rings. The van der Waals surface area contributed by atoms with E-state index in [1.165, 1.54) is 6.08 Å². The molecule has 1 aliphatic heterocycles. The van der Waals surface area contributed by atoms with Gasteiger partial charge in [0, 0.05) is 6.07 Å². The minimum absolute atomic E-state index is 0.216. The molecule has 1 heterocycles. The molecule has 8 heteroatoms. The molecule has 31 heavy (non-hydrogen) atoms. The largest absolute Gasteiger partial charge is 0.490 e. The second-order valence-corrected chi connectivity index (χ2v) is 7.32. The first-order valence-corrected chi connectivity index (χ1v) is 10.2. The zero-order valence-corrected chi connectivity index (χ0v) is 18.5. The molecule has 0 spiro atoms. The number of nitrogens with zero attached hydrogens (tertiary/aromatic N) is 1. The number of ether oxygens (including phenoxy) is 2. The van der Waals surface area contributed by atoms with Crippen molar-refractivity contribution in [3.05, 3.63) is 57.6 Å². The fourth-order valence-corrected chi connectivity index (χ4v) is 3.32. The van der Waals surface area contributed by atoms with E-state index in [4.69, 9.17) is 21.1 Å². The summed E-state index contributed by atoms with van der Waals surface area (Å²) in [5.74, 6) is -0.632. The van der Waals surface area contributed by atoms with E-state index in [2.05, 4.69) is 5.32 Å². The highest BCUT2D eigenvalue weighted by Crippen LogP contribution is 2.35. The van der Waals surface area contributed by atoms with Crippen LogP contribution in [0.4, 0.5) is 10.5 Å². The minimum Gasteiger partial charge on any atom is -0.490 e. The van der Waals surface area contributed by atoms with E-state index in [0.717, 1.165) is 16.0 Å². The Morgan fingerprint density at radius 1 is 0.968 bits per heavy atom. The molecule has 1 fully saturated rings. The molecule has 1 aliphatic rings. The van der Waals surface area contributed by atoms with Crippen molar-refractivity contribution in [1.82, 2.24) is 5.32 Å². The van der Waals surface area contributed by atoms with Gasteiger partial charge < -0.3 is 9.47 Å². The topological polar surface area (TPSA) is 84.9 Å². The van der Waals surface area contributed by atoms with Crippen LogP contribution in [0.15, 0.2) is 35.9 Å². The molecule has 7 nitrogen and oxygen atoms in total. The fourth-order valence-electron chi connectivity index (χ4n) is 3.11. The number of halogens is 1. The zero-order valence-electron chi connectivity index (χ0n) is 17.7. The molecule has 3 rings (SSSR count). The van der Waals surface area contributed by atoms with Crippen molar-refractivity contribution in [3.8, 4) is 11.5 Å². The summed E-state index contributed by atoms with van der Waals surface area (Å²) in [6.45, 7) is 8.28. The van der Waals surface area contributed by atoms with Gasteiger partial charge in [0.25, 0.3) is 11.8 Å². The third-order valence-electron chi connectivity index (χ3n) is 4.81. The highest BCUT2D eigenvalue weighted by Gasteiger charge is 2.37. The normalized spacial score (nSPS) is 15.3. The van der Waals surface area contributed by atoms with Gasteiger partial charge in [0.15, 0.2) is 11.5 Å². The van der Waals surface area contributed by atoms with Crippen LogP contribution >= 0.6 is 11.6 Å². The maximum Gasteiger partial charge on any atom is 0.335 e. The molecule has 162 valence electrons. The Labute approximate surface area is 185 Å². The van der Waals surface area contributed by atoms with Crippen LogP contribution in [0.2, 0.25) is 5.02 Å². The van der Waals surface area contributed by atoms with Crippen molar-refractivity contribution in [2.24, 2.45) is 0 Å². The maximum absolute atomic E-state index is 13.1. The summed E-state index contributed by atoms with van der Waals surface area (Å²) in [5.41, 5.74) is 2.48. The van der Waals surface area contributed by atoms with Gasteiger partial charge >= 0.3 is 6.03 Å². The number of imide groups is 2. The van der Waals surface area contributed by atoms with E-state index in [1.807, 2.05) is 33.8 Å². The lowest BCUT2D eigenvalue weighted by Crippen LogP contribution is -2.54. The monoisotopic (exact) mass is 442 g/mol. The predicted octanol–water partition coefficient (Wildman–Crippen LogP) is 4.42. The van der Waals surface area contributed by atoms with Crippen LogP contribution in [-0.2, 0) is 9.59 Å². The summed E-state index contributed by atoms with van der Waals surface area (Å²) in [5, 5.41) is 2.49. The van der Waals surface area contributed by atoms with E-state index in [1.54, 1.807) is 24.3 Å². The van der Waals surface area contributed by atoms with Crippen molar-refractivity contribution in [2.75, 3.05) is 18.1 Å². The van der Waals surface area contributed by atoms with Gasteiger partial charge in [0.2, 0.25) is 0 Å². The molecule has 2 aromatic carbocycles. The molecular formula is C23H23ClN2O5. The molecule has 1 N–H and O–H groups in total. The van der Waals surface area contributed by atoms with Gasteiger partial charge in [0.1, 0.15) is 5.57 Å². The van der Waals surface area contributed by atoms with Crippen molar-refractivity contribution in [3.63, 3.8) is 0 Å². The van der Waals surface area contributed by atoms with E-state index in [0.29, 0.717) is 36.0 Å². The zero-order chi connectivity index (χ0) is 22.7. The van der Waals surface area contributed by atoms with Crippen LogP contribution in [-0.4, -0.2) is 31.1 Å². The van der Waals surface area contributed by atoms with Crippen molar-refractivity contribution < 1.29 is 23.9 Å². The lowest BCUT2D eigenvalue weighted by atomic mass is 10.0. The van der Waals surface area contributed by atoms with E-state index in [9.17, 15) is 14.4 Å². The van der Waals surface area contributed by atoms with Crippen LogP contribution in [0.3, 0.4) is 0 Å². The summed E-state index contributed by atoms with van der Waals surface area (Å²) in [6.07, 6.45) is 1.35. The average Bonchev–Trinajstić information content (AvgIpc) is 2.71. The number of aryl methyl sites for hydroxylation is 2. The molecule has 0 saturated carbocycles. The lowest BCUT2D eigenvalue weighted by molar-refractivity contribution is -0.122. The van der Waals surface area contributed by atoms with E-state index < -0.39 is 17.8 Å². The van der Waals surface area contributed by atoms with E-state index >= 15 is 0 Å². The second-order valence-electron chi connectivity index (χ2n) is 6.91. The Morgan fingerprint density at radius 2 is 1.61 bits per heavy atom. The smallest absolute Gasteiger partial charge is 0.335 e. The molecule has 0 unspecified atom stereocenters. The van der Waals surface area contributed by atoms with Gasteiger partial charge in [-0.2, -0.15) is 0 Å². The number of hydrogen-bond donors (Lipinski definition) is 1. The molecule has 0 bridgehead atoms. The van der Waals surface area contributed by atoms with Crippen LogP contribution in [0.1, 0.15) is 30.5 Å². The van der Waals surface area contributed by atoms with Gasteiger partial charge in [-0.25, -0.2) is 9.69 Å². The van der Waals surface area contributed by atoms with Gasteiger partial charge in [-0.3, -0.25) is 14.9 Å². The minimum atomic E-state index is -0.803. The maximum atomic E-state index is 13.1. The van der Waals surface area contributed by atoms with Crippen molar-refractivity contribution in [2.45, 2.75) is 27.7 Å². The number of nitrogens with one attached hydrogen (secondary N) is 1. The van der Waals surface area contributed by atoms with Crippen LogP contribution in [0, 0.1) is 13.8 Å². The first-order chi connectivity index (χ1) is 14.8. The van der Waals surface area contributed by atoms with Gasteiger partial charge in [-0.15, -0.1) is 0 Å². The Kier molecular flexibility index (Phi) is 6.65. The molecule has 0 aliphatic carbocycles. The molecular weight excluding hydrogens is 420 g/mol. The van der Waals surface area contributed by atoms with Crippen LogP contribution in [0.5, 0.6) is 11.5 Å². The quantitative estimate of drug-likeness (QED) is 0.528. The predicted molar refractivity (Wildman–Crippen MR) is 119 cm³/mol. The number of amides is 4. The highest BCUT2D eigenvalue weighted by atomic mass is 35.5. The number of barbiturate groups is 1. The SMILES string of the molecule is CCOc1cc(Cl)c(/C=C2\C(=O)NC(=O)N(c3ccc(C)c(C)c3)C2=O)cc1OCC. The molecule has 0 aromatic heterocycles. The van der Waals surface area contributed by atoms with Crippen LogP contribution < -0.4 is 19.7 Å². The average molecular weight is 443 g/mol. The standard InChI is InChI=1S/C23H23ClN2O5/c1-5-30-19-11-15(18(24)12-20(19)31-6-2)10-17-21(27)25-23(29)26(22(17)28)16-8-7-13(3)14(4)9-16/h7-12H,5-6H2,1-4H3,(H,25,27,29)/b17-10+. The number of hydrogen-bond acceptors (Lipinski definition) is 5. The van der Waals surface area contributed by atoms with E-state index in [-0.39, 0.29) is 10.6 Å². The Bertz CT molecular complexity index is 1090. The van der Waals surface area contributed by atoms with Gasteiger partial charge in [-0.1, -0.05) is 17.7 Å². The lowest BCUT2D eigenvalue weighted by Gasteiger charge is -2.27. The summed E-state index contributed by atoms with van der Waals surface area (Å²) < 4.78 is 11.1. The van der Waals surface area contributed by atoms with Gasteiger partial charge in [-0.05, 0) is 68.7 Å². The number of benzene rings is 2. The summed E-state index contributed by atoms with van der Waals surface area (Å²) in [7, 11) is 0. The van der Waals surface area contributed by atoms with Gasteiger partial charge in [0.05, 0.1) is 23.9 Å². The number of rotatable bonds is 6. The number of carbonyl (C=O) groups is 3. The Morgan fingerprint density at radius 3 is 2.23 bits per heavy atom. The summed E-state index contributed by atoms with van der Waals surface area (Å²) >= 11 is 6.37. The second kappa shape index (κ2) is 9.22. The first kappa shape index (κ1) is 22.4. The molecule has 0 atom stereocenters. The van der Waals surface area contributed by atoms with Crippen molar-refractivity contribution >= 4 is 41.2 Å². The van der Waals surface area contributed by atoms with Crippen LogP contribution in [0.25, 0.3) is 6.08 Å². The summed E-state index contributed by atoms with van der Waals surface area (Å²) in [6, 6.07) is 7.55. The molecule has 1 saturated heterocycles. The Hall–Kier alpha value is -3.32. The first-order valence-electron chi connectivity index (χ1n) is 9.84. The Balaban J connectivity index is 2.05. The number of anilines is 1.